The van der Waals surface area contributed by atoms with Gasteiger partial charge in [0.2, 0.25) is 0 Å². The quantitative estimate of drug-likeness (QED) is 0.868. The topological polar surface area (TPSA) is 46.3 Å². The first kappa shape index (κ1) is 13.7. The van der Waals surface area contributed by atoms with Crippen LogP contribution in [0.1, 0.15) is 36.0 Å². The molecule has 2 saturated carbocycles. The third-order valence-corrected chi connectivity index (χ3v) is 5.42. The Labute approximate surface area is 125 Å². The highest BCUT2D eigenvalue weighted by atomic mass is 35.5. The summed E-state index contributed by atoms with van der Waals surface area (Å²) in [5, 5.41) is 0.372. The summed E-state index contributed by atoms with van der Waals surface area (Å²) in [5.41, 5.74) is 6.74. The molecule has 3 nitrogen and oxygen atoms in total. The molecule has 108 valence electrons. The fourth-order valence-corrected chi connectivity index (χ4v) is 4.16. The summed E-state index contributed by atoms with van der Waals surface area (Å²) in [4.78, 5) is 14.3. The number of carbonyl (C=O) groups is 1. The van der Waals surface area contributed by atoms with Gasteiger partial charge in [-0.25, -0.2) is 0 Å². The van der Waals surface area contributed by atoms with Gasteiger partial charge in [0.1, 0.15) is 0 Å². The van der Waals surface area contributed by atoms with Crippen LogP contribution >= 0.6 is 11.6 Å². The lowest BCUT2D eigenvalue weighted by atomic mass is 9.88. The van der Waals surface area contributed by atoms with Gasteiger partial charge >= 0.3 is 0 Å². The summed E-state index contributed by atoms with van der Waals surface area (Å²) in [5.74, 6) is 2.38. The van der Waals surface area contributed by atoms with Gasteiger partial charge in [0.25, 0.3) is 5.91 Å². The Balaban J connectivity index is 1.69. The average Bonchev–Trinajstić information content (AvgIpc) is 3.03. The van der Waals surface area contributed by atoms with Crippen LogP contribution in [0.4, 0.5) is 5.69 Å². The van der Waals surface area contributed by atoms with E-state index in [1.165, 1.54) is 25.7 Å². The van der Waals surface area contributed by atoms with E-state index in [-0.39, 0.29) is 5.91 Å². The standard InChI is InChI=1S/C16H21ClN2O/c1-19(9-12-8-10-5-6-11(12)7-10)16(20)13-3-2-4-14(18)15(13)17/h2-4,10-12H,5-9,18H2,1H3. The van der Waals surface area contributed by atoms with E-state index in [1.807, 2.05) is 11.9 Å². The predicted molar refractivity (Wildman–Crippen MR) is 81.8 cm³/mol. The number of benzene rings is 1. The number of rotatable bonds is 3. The maximum Gasteiger partial charge on any atom is 0.255 e. The van der Waals surface area contributed by atoms with E-state index in [4.69, 9.17) is 17.3 Å². The third kappa shape index (κ3) is 2.39. The largest absolute Gasteiger partial charge is 0.398 e. The predicted octanol–water partition coefficient (Wildman–Crippen LogP) is 3.43. The van der Waals surface area contributed by atoms with Gasteiger partial charge in [-0.15, -0.1) is 0 Å². The third-order valence-electron chi connectivity index (χ3n) is 5.00. The molecule has 4 heteroatoms. The van der Waals surface area contributed by atoms with Gasteiger partial charge in [-0.2, -0.15) is 0 Å². The van der Waals surface area contributed by atoms with Gasteiger partial charge in [0.15, 0.2) is 0 Å². The van der Waals surface area contributed by atoms with Crippen LogP contribution in [-0.4, -0.2) is 24.4 Å². The molecule has 0 aliphatic heterocycles. The van der Waals surface area contributed by atoms with Crippen molar-refractivity contribution >= 4 is 23.2 Å². The van der Waals surface area contributed by atoms with Crippen molar-refractivity contribution in [1.82, 2.24) is 4.90 Å². The molecule has 20 heavy (non-hydrogen) atoms. The Morgan fingerprint density at radius 1 is 1.40 bits per heavy atom. The molecule has 3 unspecified atom stereocenters. The Bertz CT molecular complexity index is 531. The van der Waals surface area contributed by atoms with E-state index >= 15 is 0 Å². The van der Waals surface area contributed by atoms with Crippen molar-refractivity contribution in [2.45, 2.75) is 25.7 Å². The molecular weight excluding hydrogens is 272 g/mol. The maximum atomic E-state index is 12.5. The first-order chi connectivity index (χ1) is 9.56. The lowest BCUT2D eigenvalue weighted by Crippen LogP contribution is -2.34. The molecule has 2 aliphatic carbocycles. The fourth-order valence-electron chi connectivity index (χ4n) is 3.96. The Hall–Kier alpha value is -1.22. The minimum absolute atomic E-state index is 0.0231. The van der Waals surface area contributed by atoms with Crippen LogP contribution in [-0.2, 0) is 0 Å². The summed E-state index contributed by atoms with van der Waals surface area (Å²) in [6, 6.07) is 5.24. The van der Waals surface area contributed by atoms with Gasteiger partial charge in [0, 0.05) is 13.6 Å². The van der Waals surface area contributed by atoms with Gasteiger partial charge in [-0.3, -0.25) is 4.79 Å². The summed E-state index contributed by atoms with van der Waals surface area (Å²) < 4.78 is 0. The molecule has 3 rings (SSSR count). The molecule has 2 aliphatic rings. The lowest BCUT2D eigenvalue weighted by molar-refractivity contribution is 0.0754. The number of fused-ring (bicyclic) bond motifs is 2. The molecule has 2 fully saturated rings. The lowest BCUT2D eigenvalue weighted by Gasteiger charge is -2.27. The van der Waals surface area contributed by atoms with Crippen LogP contribution in [0.25, 0.3) is 0 Å². The number of nitrogens with zero attached hydrogens (tertiary/aromatic N) is 1. The van der Waals surface area contributed by atoms with E-state index in [9.17, 15) is 4.79 Å². The Kier molecular flexibility index (Phi) is 3.63. The zero-order valence-corrected chi connectivity index (χ0v) is 12.6. The van der Waals surface area contributed by atoms with Crippen molar-refractivity contribution < 1.29 is 4.79 Å². The normalized spacial score (nSPS) is 27.8. The zero-order valence-electron chi connectivity index (χ0n) is 11.8. The molecule has 1 aromatic carbocycles. The number of hydrogen-bond donors (Lipinski definition) is 1. The minimum Gasteiger partial charge on any atom is -0.398 e. The van der Waals surface area contributed by atoms with E-state index in [0.29, 0.717) is 22.2 Å². The molecule has 2 N–H and O–H groups in total. The van der Waals surface area contributed by atoms with Gasteiger partial charge in [0.05, 0.1) is 16.3 Å². The van der Waals surface area contributed by atoms with Crippen LogP contribution in [0.5, 0.6) is 0 Å². The summed E-state index contributed by atoms with van der Waals surface area (Å²) in [6.45, 7) is 0.838. The monoisotopic (exact) mass is 292 g/mol. The molecule has 0 aromatic heterocycles. The number of nitrogens with two attached hydrogens (primary N) is 1. The van der Waals surface area contributed by atoms with E-state index < -0.39 is 0 Å². The smallest absolute Gasteiger partial charge is 0.255 e. The molecule has 0 radical (unpaired) electrons. The van der Waals surface area contributed by atoms with Gasteiger partial charge < -0.3 is 10.6 Å². The molecular formula is C16H21ClN2O. The van der Waals surface area contributed by atoms with E-state index in [1.54, 1.807) is 18.2 Å². The number of halogens is 1. The second-order valence-electron chi connectivity index (χ2n) is 6.33. The van der Waals surface area contributed by atoms with Crippen molar-refractivity contribution in [3.05, 3.63) is 28.8 Å². The fraction of sp³-hybridized carbons (Fsp3) is 0.562. The second-order valence-corrected chi connectivity index (χ2v) is 6.71. The molecule has 0 heterocycles. The molecule has 0 spiro atoms. The number of anilines is 1. The summed E-state index contributed by atoms with van der Waals surface area (Å²) in [6.07, 6.45) is 5.38. The van der Waals surface area contributed by atoms with Crippen molar-refractivity contribution in [1.29, 1.82) is 0 Å². The molecule has 1 aromatic rings. The van der Waals surface area contributed by atoms with Crippen LogP contribution in [0.15, 0.2) is 18.2 Å². The first-order valence-electron chi connectivity index (χ1n) is 7.35. The number of nitrogen functional groups attached to an aromatic ring is 1. The zero-order chi connectivity index (χ0) is 14.3. The van der Waals surface area contributed by atoms with Crippen molar-refractivity contribution in [2.75, 3.05) is 19.3 Å². The van der Waals surface area contributed by atoms with Gasteiger partial charge in [-0.05, 0) is 49.1 Å². The highest BCUT2D eigenvalue weighted by Crippen LogP contribution is 2.48. The van der Waals surface area contributed by atoms with Crippen molar-refractivity contribution in [3.8, 4) is 0 Å². The number of carbonyl (C=O) groups excluding carboxylic acids is 1. The van der Waals surface area contributed by atoms with E-state index in [2.05, 4.69) is 0 Å². The van der Waals surface area contributed by atoms with Crippen LogP contribution in [0, 0.1) is 17.8 Å². The molecule has 2 bridgehead atoms. The Morgan fingerprint density at radius 3 is 2.85 bits per heavy atom. The second kappa shape index (κ2) is 5.28. The minimum atomic E-state index is -0.0231. The van der Waals surface area contributed by atoms with Gasteiger partial charge in [-0.1, -0.05) is 24.1 Å². The summed E-state index contributed by atoms with van der Waals surface area (Å²) in [7, 11) is 1.87. The number of amides is 1. The highest BCUT2D eigenvalue weighted by molar-refractivity contribution is 6.36. The average molecular weight is 293 g/mol. The first-order valence-corrected chi connectivity index (χ1v) is 7.73. The van der Waals surface area contributed by atoms with E-state index in [0.717, 1.165) is 18.4 Å². The highest BCUT2D eigenvalue weighted by Gasteiger charge is 2.40. The number of hydrogen-bond acceptors (Lipinski definition) is 2. The molecule has 3 atom stereocenters. The molecule has 1 amide bonds. The van der Waals surface area contributed by atoms with Crippen LogP contribution in [0.2, 0.25) is 5.02 Å². The Morgan fingerprint density at radius 2 is 2.20 bits per heavy atom. The SMILES string of the molecule is CN(CC1CC2CCC1C2)C(=O)c1cccc(N)c1Cl. The van der Waals surface area contributed by atoms with Crippen LogP contribution in [0.3, 0.4) is 0 Å². The van der Waals surface area contributed by atoms with Crippen molar-refractivity contribution in [2.24, 2.45) is 17.8 Å². The van der Waals surface area contributed by atoms with Crippen molar-refractivity contribution in [3.63, 3.8) is 0 Å². The van der Waals surface area contributed by atoms with Crippen LogP contribution < -0.4 is 5.73 Å². The maximum absolute atomic E-state index is 12.5. The summed E-state index contributed by atoms with van der Waals surface area (Å²) >= 11 is 6.14. The molecule has 0 saturated heterocycles.